The maximum atomic E-state index is 12.4. The summed E-state index contributed by atoms with van der Waals surface area (Å²) in [6, 6.07) is 18.2. The fourth-order valence-corrected chi connectivity index (χ4v) is 3.39. The van der Waals surface area contributed by atoms with Gasteiger partial charge in [-0.3, -0.25) is 9.69 Å². The van der Waals surface area contributed by atoms with Crippen LogP contribution in [0, 0.1) is 6.92 Å². The van der Waals surface area contributed by atoms with Crippen molar-refractivity contribution in [3.8, 4) is 0 Å². The standard InChI is InChI=1S/C23H25N5O/c1-18-7-9-21(10-8-18)26-22(29)20-15-24-23(25-16-20)28-13-11-27(12-14-28)17-19-5-3-2-4-6-19/h2-10,15-16H,11-14,17H2,1H3,(H,26,29). The molecule has 6 nitrogen and oxygen atoms in total. The van der Waals surface area contributed by atoms with Crippen LogP contribution in [-0.4, -0.2) is 47.0 Å². The van der Waals surface area contributed by atoms with Crippen molar-refractivity contribution in [2.24, 2.45) is 0 Å². The van der Waals surface area contributed by atoms with E-state index in [1.165, 1.54) is 5.56 Å². The number of carbonyl (C=O) groups excluding carboxylic acids is 1. The molecule has 0 aliphatic carbocycles. The minimum Gasteiger partial charge on any atom is -0.338 e. The molecule has 1 aliphatic rings. The summed E-state index contributed by atoms with van der Waals surface area (Å²) in [5, 5.41) is 2.87. The Hall–Kier alpha value is -3.25. The first kappa shape index (κ1) is 19.1. The van der Waals surface area contributed by atoms with Gasteiger partial charge in [-0.1, -0.05) is 48.0 Å². The Morgan fingerprint density at radius 1 is 0.931 bits per heavy atom. The molecular formula is C23H25N5O. The third-order valence-electron chi connectivity index (χ3n) is 5.11. The Bertz CT molecular complexity index is 933. The zero-order valence-electron chi connectivity index (χ0n) is 16.6. The number of nitrogens with one attached hydrogen (secondary N) is 1. The second-order valence-electron chi connectivity index (χ2n) is 7.34. The van der Waals surface area contributed by atoms with Crippen molar-refractivity contribution in [1.29, 1.82) is 0 Å². The molecule has 1 saturated heterocycles. The summed E-state index contributed by atoms with van der Waals surface area (Å²) in [7, 11) is 0. The molecule has 0 spiro atoms. The molecule has 0 unspecified atom stereocenters. The van der Waals surface area contributed by atoms with Crippen molar-refractivity contribution in [3.05, 3.63) is 83.7 Å². The van der Waals surface area contributed by atoms with Gasteiger partial charge in [0, 0.05) is 50.8 Å². The van der Waals surface area contributed by atoms with E-state index in [2.05, 4.69) is 49.4 Å². The molecule has 1 aliphatic heterocycles. The molecule has 2 aromatic carbocycles. The van der Waals surface area contributed by atoms with Crippen LogP contribution < -0.4 is 10.2 Å². The largest absolute Gasteiger partial charge is 0.338 e. The normalized spacial score (nSPS) is 14.6. The second kappa shape index (κ2) is 8.84. The lowest BCUT2D eigenvalue weighted by atomic mass is 10.2. The molecule has 2 heterocycles. The second-order valence-corrected chi connectivity index (χ2v) is 7.34. The van der Waals surface area contributed by atoms with Crippen LogP contribution >= 0.6 is 0 Å². The molecule has 3 aromatic rings. The van der Waals surface area contributed by atoms with Gasteiger partial charge in [0.15, 0.2) is 0 Å². The highest BCUT2D eigenvalue weighted by atomic mass is 16.1. The molecule has 0 atom stereocenters. The van der Waals surface area contributed by atoms with Crippen LogP contribution in [0.2, 0.25) is 0 Å². The number of hydrogen-bond acceptors (Lipinski definition) is 5. The Labute approximate surface area is 171 Å². The van der Waals surface area contributed by atoms with Gasteiger partial charge in [-0.15, -0.1) is 0 Å². The first-order valence-electron chi connectivity index (χ1n) is 9.89. The highest BCUT2D eigenvalue weighted by Crippen LogP contribution is 2.14. The lowest BCUT2D eigenvalue weighted by Crippen LogP contribution is -2.46. The van der Waals surface area contributed by atoms with Crippen molar-refractivity contribution in [3.63, 3.8) is 0 Å². The quantitative estimate of drug-likeness (QED) is 0.727. The summed E-state index contributed by atoms with van der Waals surface area (Å²) in [5.74, 6) is 0.476. The molecule has 1 amide bonds. The molecule has 1 fully saturated rings. The van der Waals surface area contributed by atoms with Crippen LogP contribution in [0.1, 0.15) is 21.5 Å². The maximum Gasteiger partial charge on any atom is 0.258 e. The Morgan fingerprint density at radius 2 is 1.59 bits per heavy atom. The maximum absolute atomic E-state index is 12.4. The zero-order valence-corrected chi connectivity index (χ0v) is 16.6. The average molecular weight is 387 g/mol. The number of benzene rings is 2. The smallest absolute Gasteiger partial charge is 0.258 e. The molecule has 0 bridgehead atoms. The highest BCUT2D eigenvalue weighted by molar-refractivity contribution is 6.03. The molecule has 1 N–H and O–H groups in total. The molecule has 0 radical (unpaired) electrons. The van der Waals surface area contributed by atoms with Gasteiger partial charge in [0.1, 0.15) is 0 Å². The molecule has 148 valence electrons. The Kier molecular flexibility index (Phi) is 5.81. The molecule has 1 aromatic heterocycles. The fourth-order valence-electron chi connectivity index (χ4n) is 3.39. The minimum absolute atomic E-state index is 0.201. The lowest BCUT2D eigenvalue weighted by Gasteiger charge is -2.34. The summed E-state index contributed by atoms with van der Waals surface area (Å²) in [4.78, 5) is 25.8. The SMILES string of the molecule is Cc1ccc(NC(=O)c2cnc(N3CCN(Cc4ccccc4)CC3)nc2)cc1. The summed E-state index contributed by atoms with van der Waals surface area (Å²) in [6.45, 7) is 6.67. The van der Waals surface area contributed by atoms with Gasteiger partial charge in [0.25, 0.3) is 5.91 Å². The van der Waals surface area contributed by atoms with Gasteiger partial charge >= 0.3 is 0 Å². The summed E-state index contributed by atoms with van der Waals surface area (Å²) in [5.41, 5.74) is 3.71. The predicted molar refractivity (Wildman–Crippen MR) is 115 cm³/mol. The lowest BCUT2D eigenvalue weighted by molar-refractivity contribution is 0.102. The number of carbonyl (C=O) groups is 1. The number of rotatable bonds is 5. The van der Waals surface area contributed by atoms with Gasteiger partial charge in [-0.2, -0.15) is 0 Å². The monoisotopic (exact) mass is 387 g/mol. The van der Waals surface area contributed by atoms with E-state index in [0.29, 0.717) is 11.5 Å². The van der Waals surface area contributed by atoms with E-state index >= 15 is 0 Å². The van der Waals surface area contributed by atoms with Gasteiger partial charge in [-0.25, -0.2) is 9.97 Å². The number of anilines is 2. The number of nitrogens with zero attached hydrogens (tertiary/aromatic N) is 4. The average Bonchev–Trinajstić information content (AvgIpc) is 2.77. The van der Waals surface area contributed by atoms with Crippen molar-refractivity contribution in [1.82, 2.24) is 14.9 Å². The van der Waals surface area contributed by atoms with Crippen LogP contribution in [0.4, 0.5) is 11.6 Å². The van der Waals surface area contributed by atoms with Crippen LogP contribution in [0.25, 0.3) is 0 Å². The Morgan fingerprint density at radius 3 is 2.24 bits per heavy atom. The van der Waals surface area contributed by atoms with E-state index in [0.717, 1.165) is 44.0 Å². The zero-order chi connectivity index (χ0) is 20.1. The first-order valence-corrected chi connectivity index (χ1v) is 9.89. The van der Waals surface area contributed by atoms with Crippen LogP contribution in [0.15, 0.2) is 67.0 Å². The minimum atomic E-state index is -0.201. The fraction of sp³-hybridized carbons (Fsp3) is 0.261. The van der Waals surface area contributed by atoms with E-state index in [4.69, 9.17) is 0 Å². The number of aryl methyl sites for hydroxylation is 1. The third kappa shape index (κ3) is 4.97. The van der Waals surface area contributed by atoms with Gasteiger partial charge < -0.3 is 10.2 Å². The molecule has 0 saturated carbocycles. The molecule has 6 heteroatoms. The number of amides is 1. The van der Waals surface area contributed by atoms with E-state index < -0.39 is 0 Å². The number of piperazine rings is 1. The Balaban J connectivity index is 1.31. The number of aromatic nitrogens is 2. The third-order valence-corrected chi connectivity index (χ3v) is 5.11. The molecule has 29 heavy (non-hydrogen) atoms. The summed E-state index contributed by atoms with van der Waals surface area (Å²) >= 11 is 0. The van der Waals surface area contributed by atoms with Crippen molar-refractivity contribution < 1.29 is 4.79 Å². The van der Waals surface area contributed by atoms with Crippen LogP contribution in [0.3, 0.4) is 0 Å². The van der Waals surface area contributed by atoms with E-state index in [1.54, 1.807) is 12.4 Å². The van der Waals surface area contributed by atoms with E-state index in [9.17, 15) is 4.79 Å². The van der Waals surface area contributed by atoms with Crippen molar-refractivity contribution in [2.45, 2.75) is 13.5 Å². The van der Waals surface area contributed by atoms with Crippen LogP contribution in [-0.2, 0) is 6.54 Å². The van der Waals surface area contributed by atoms with Gasteiger partial charge in [-0.05, 0) is 24.6 Å². The van der Waals surface area contributed by atoms with Crippen molar-refractivity contribution in [2.75, 3.05) is 36.4 Å². The van der Waals surface area contributed by atoms with Gasteiger partial charge in [0.2, 0.25) is 5.95 Å². The highest BCUT2D eigenvalue weighted by Gasteiger charge is 2.19. The van der Waals surface area contributed by atoms with Crippen molar-refractivity contribution >= 4 is 17.5 Å². The summed E-state index contributed by atoms with van der Waals surface area (Å²) in [6.07, 6.45) is 3.20. The predicted octanol–water partition coefficient (Wildman–Crippen LogP) is 3.36. The topological polar surface area (TPSA) is 61.4 Å². The van der Waals surface area contributed by atoms with Gasteiger partial charge in [0.05, 0.1) is 5.56 Å². The number of hydrogen-bond donors (Lipinski definition) is 1. The molecule has 4 rings (SSSR count). The van der Waals surface area contributed by atoms with E-state index in [1.807, 2.05) is 37.3 Å². The summed E-state index contributed by atoms with van der Waals surface area (Å²) < 4.78 is 0. The first-order chi connectivity index (χ1) is 14.2. The van der Waals surface area contributed by atoms with E-state index in [-0.39, 0.29) is 5.91 Å². The van der Waals surface area contributed by atoms with Crippen LogP contribution in [0.5, 0.6) is 0 Å². The molecular weight excluding hydrogens is 362 g/mol.